The summed E-state index contributed by atoms with van der Waals surface area (Å²) in [5.74, 6) is -0.136. The first-order valence-electron chi connectivity index (χ1n) is 13.6. The lowest BCUT2D eigenvalue weighted by molar-refractivity contribution is -0.125. The minimum Gasteiger partial charge on any atom is -0.338 e. The molecule has 0 spiro atoms. The van der Waals surface area contributed by atoms with Crippen molar-refractivity contribution in [3.63, 3.8) is 0 Å². The molecule has 0 radical (unpaired) electrons. The van der Waals surface area contributed by atoms with Crippen molar-refractivity contribution in [2.45, 2.75) is 62.8 Å². The number of carbonyl (C=O) groups is 2. The molecule has 2 N–H and O–H groups in total. The minimum absolute atomic E-state index is 0.274. The molecule has 0 atom stereocenters. The Morgan fingerprint density at radius 2 is 1.77 bits per heavy atom. The molecule has 2 saturated carbocycles. The molecule has 6 rings (SSSR count). The number of nitrogens with one attached hydrogen (secondary N) is 2. The summed E-state index contributed by atoms with van der Waals surface area (Å²) in [6.07, 6.45) is 9.41. The van der Waals surface area contributed by atoms with Gasteiger partial charge in [-0.1, -0.05) is 43.5 Å². The molecule has 196 valence electrons. The van der Waals surface area contributed by atoms with E-state index in [0.717, 1.165) is 35.9 Å². The van der Waals surface area contributed by atoms with Gasteiger partial charge in [-0.15, -0.1) is 0 Å². The zero-order valence-corrected chi connectivity index (χ0v) is 21.7. The summed E-state index contributed by atoms with van der Waals surface area (Å²) in [5.41, 5.74) is 3.28. The number of anilines is 1. The van der Waals surface area contributed by atoms with Gasteiger partial charge in [0.1, 0.15) is 17.3 Å². The van der Waals surface area contributed by atoms with E-state index in [1.807, 2.05) is 42.5 Å². The molecule has 0 bridgehead atoms. The number of benzene rings is 2. The van der Waals surface area contributed by atoms with Crippen LogP contribution in [0, 0.1) is 11.3 Å². The van der Waals surface area contributed by atoms with Crippen LogP contribution in [-0.4, -0.2) is 32.1 Å². The number of nitrogens with zero attached hydrogens (tertiary/aromatic N) is 4. The van der Waals surface area contributed by atoms with Crippen LogP contribution in [0.3, 0.4) is 0 Å². The van der Waals surface area contributed by atoms with Crippen molar-refractivity contribution in [2.75, 3.05) is 5.32 Å². The second-order valence-corrected chi connectivity index (χ2v) is 10.6. The Balaban J connectivity index is 1.27. The third kappa shape index (κ3) is 4.76. The highest BCUT2D eigenvalue weighted by Gasteiger charge is 2.45. The second-order valence-electron chi connectivity index (χ2n) is 10.6. The number of pyridine rings is 1. The Kier molecular flexibility index (Phi) is 6.57. The number of hydrogen-bond donors (Lipinski definition) is 2. The Hall–Kier alpha value is -4.51. The fraction of sp³-hybridized carbons (Fsp3) is 0.323. The Labute approximate surface area is 227 Å². The molecular formula is C31H30N6O2. The fourth-order valence-electron chi connectivity index (χ4n) is 5.80. The third-order valence-corrected chi connectivity index (χ3v) is 8.09. The summed E-state index contributed by atoms with van der Waals surface area (Å²) in [7, 11) is 0. The number of fused-ring (bicyclic) bond motifs is 1. The number of nitriles is 1. The van der Waals surface area contributed by atoms with Gasteiger partial charge in [-0.05, 0) is 68.5 Å². The van der Waals surface area contributed by atoms with Crippen LogP contribution >= 0.6 is 0 Å². The van der Waals surface area contributed by atoms with Crippen LogP contribution in [0.5, 0.6) is 0 Å². The SMILES string of the molecule is N#Cc1ccc(NC(=O)C2(NC(=O)c3ccc4c(C5CCCCC5)n(-c5ccccc5)nc4c3)CCC2)cn1. The molecule has 2 aliphatic rings. The molecule has 2 amide bonds. The molecule has 2 heterocycles. The lowest BCUT2D eigenvalue weighted by Gasteiger charge is -2.40. The van der Waals surface area contributed by atoms with Crippen molar-refractivity contribution in [3.05, 3.63) is 83.8 Å². The van der Waals surface area contributed by atoms with Crippen LogP contribution in [0.15, 0.2) is 66.9 Å². The molecule has 2 aromatic carbocycles. The zero-order valence-electron chi connectivity index (χ0n) is 21.7. The highest BCUT2D eigenvalue weighted by atomic mass is 16.2. The molecule has 0 unspecified atom stereocenters. The summed E-state index contributed by atoms with van der Waals surface area (Å²) >= 11 is 0. The van der Waals surface area contributed by atoms with Crippen molar-refractivity contribution in [3.8, 4) is 11.8 Å². The average molecular weight is 519 g/mol. The number of carbonyl (C=O) groups excluding carboxylic acids is 2. The minimum atomic E-state index is -0.976. The molecule has 0 saturated heterocycles. The van der Waals surface area contributed by atoms with Crippen LogP contribution in [0.4, 0.5) is 5.69 Å². The van der Waals surface area contributed by atoms with Crippen LogP contribution in [-0.2, 0) is 4.79 Å². The van der Waals surface area contributed by atoms with E-state index < -0.39 is 5.54 Å². The Morgan fingerprint density at radius 1 is 0.974 bits per heavy atom. The van der Waals surface area contributed by atoms with Gasteiger partial charge in [0.05, 0.1) is 28.8 Å². The molecule has 4 aromatic rings. The highest BCUT2D eigenvalue weighted by Crippen LogP contribution is 2.38. The number of aromatic nitrogens is 3. The summed E-state index contributed by atoms with van der Waals surface area (Å²) in [5, 5.41) is 20.8. The van der Waals surface area contributed by atoms with Gasteiger partial charge in [0.15, 0.2) is 0 Å². The van der Waals surface area contributed by atoms with Gasteiger partial charge >= 0.3 is 0 Å². The van der Waals surface area contributed by atoms with Gasteiger partial charge in [-0.25, -0.2) is 9.67 Å². The van der Waals surface area contributed by atoms with E-state index in [-0.39, 0.29) is 17.5 Å². The molecule has 39 heavy (non-hydrogen) atoms. The number of hydrogen-bond acceptors (Lipinski definition) is 5. The number of amides is 2. The number of para-hydroxylation sites is 1. The normalized spacial score (nSPS) is 16.7. The highest BCUT2D eigenvalue weighted by molar-refractivity contribution is 6.05. The summed E-state index contributed by atoms with van der Waals surface area (Å²) < 4.78 is 2.05. The second kappa shape index (κ2) is 10.3. The Morgan fingerprint density at radius 3 is 2.44 bits per heavy atom. The van der Waals surface area contributed by atoms with Crippen molar-refractivity contribution in [2.24, 2.45) is 0 Å². The monoisotopic (exact) mass is 518 g/mol. The first-order valence-corrected chi connectivity index (χ1v) is 13.6. The molecular weight excluding hydrogens is 488 g/mol. The first-order chi connectivity index (χ1) is 19.1. The zero-order chi connectivity index (χ0) is 26.8. The molecule has 8 nitrogen and oxygen atoms in total. The largest absolute Gasteiger partial charge is 0.338 e. The Bertz CT molecular complexity index is 1560. The predicted octanol–water partition coefficient (Wildman–Crippen LogP) is 5.63. The predicted molar refractivity (Wildman–Crippen MR) is 149 cm³/mol. The van der Waals surface area contributed by atoms with Gasteiger partial charge in [0.25, 0.3) is 5.91 Å². The maximum absolute atomic E-state index is 13.4. The van der Waals surface area contributed by atoms with E-state index in [9.17, 15) is 9.59 Å². The molecule has 8 heteroatoms. The smallest absolute Gasteiger partial charge is 0.252 e. The van der Waals surface area contributed by atoms with Gasteiger partial charge in [0.2, 0.25) is 5.91 Å². The van der Waals surface area contributed by atoms with E-state index in [4.69, 9.17) is 10.4 Å². The topological polar surface area (TPSA) is 113 Å². The maximum atomic E-state index is 13.4. The van der Waals surface area contributed by atoms with E-state index in [0.29, 0.717) is 30.0 Å². The maximum Gasteiger partial charge on any atom is 0.252 e. The third-order valence-electron chi connectivity index (χ3n) is 8.09. The van der Waals surface area contributed by atoms with Gasteiger partial charge in [0, 0.05) is 16.9 Å². The van der Waals surface area contributed by atoms with Gasteiger partial charge in [-0.3, -0.25) is 9.59 Å². The lowest BCUT2D eigenvalue weighted by atomic mass is 9.75. The van der Waals surface area contributed by atoms with Crippen LogP contribution < -0.4 is 10.6 Å². The van der Waals surface area contributed by atoms with E-state index in [1.165, 1.54) is 31.2 Å². The van der Waals surface area contributed by atoms with Crippen LogP contribution in [0.2, 0.25) is 0 Å². The van der Waals surface area contributed by atoms with E-state index >= 15 is 0 Å². The van der Waals surface area contributed by atoms with E-state index in [1.54, 1.807) is 12.1 Å². The van der Waals surface area contributed by atoms with Gasteiger partial charge < -0.3 is 10.6 Å². The fourth-order valence-corrected chi connectivity index (χ4v) is 5.80. The molecule has 2 aliphatic carbocycles. The summed E-state index contributed by atoms with van der Waals surface area (Å²) in [6, 6.07) is 21.0. The van der Waals surface area contributed by atoms with Crippen molar-refractivity contribution in [1.29, 1.82) is 5.26 Å². The molecule has 2 aromatic heterocycles. The standard InChI is InChI=1S/C31H30N6O2/c32-19-23-13-14-24(20-33-23)34-30(39)31(16-7-17-31)35-29(38)22-12-15-26-27(18-22)36-37(25-10-5-2-6-11-25)28(26)21-8-3-1-4-9-21/h2,5-6,10-15,18,20-21H,1,3-4,7-9,16-17H2,(H,34,39)(H,35,38). The van der Waals surface area contributed by atoms with E-state index in [2.05, 4.69) is 32.4 Å². The number of rotatable bonds is 6. The van der Waals surface area contributed by atoms with Crippen molar-refractivity contribution < 1.29 is 9.59 Å². The average Bonchev–Trinajstić information content (AvgIpc) is 3.35. The summed E-state index contributed by atoms with van der Waals surface area (Å²) in [4.78, 5) is 30.6. The first kappa shape index (κ1) is 24.8. The molecule has 2 fully saturated rings. The van der Waals surface area contributed by atoms with Gasteiger partial charge in [-0.2, -0.15) is 10.4 Å². The quantitative estimate of drug-likeness (QED) is 0.343. The lowest BCUT2D eigenvalue weighted by Crippen LogP contribution is -2.61. The summed E-state index contributed by atoms with van der Waals surface area (Å²) in [6.45, 7) is 0. The molecule has 0 aliphatic heterocycles. The van der Waals surface area contributed by atoms with Crippen molar-refractivity contribution in [1.82, 2.24) is 20.1 Å². The van der Waals surface area contributed by atoms with Crippen LogP contribution in [0.1, 0.15) is 79.0 Å². The van der Waals surface area contributed by atoms with Crippen LogP contribution in [0.25, 0.3) is 16.6 Å². The van der Waals surface area contributed by atoms with Crippen molar-refractivity contribution >= 4 is 28.4 Å².